The van der Waals surface area contributed by atoms with E-state index in [0.717, 1.165) is 24.0 Å². The monoisotopic (exact) mass is 250 g/mol. The van der Waals surface area contributed by atoms with Crippen molar-refractivity contribution < 1.29 is 0 Å². The molecule has 0 amide bonds. The van der Waals surface area contributed by atoms with Gasteiger partial charge < -0.3 is 9.72 Å². The quantitative estimate of drug-likeness (QED) is 0.760. The third kappa shape index (κ3) is 1.20. The van der Waals surface area contributed by atoms with E-state index in [-0.39, 0.29) is 0 Å². The van der Waals surface area contributed by atoms with E-state index in [1.165, 1.54) is 16.8 Å². The van der Waals surface area contributed by atoms with Gasteiger partial charge in [0.05, 0.1) is 0 Å². The van der Waals surface area contributed by atoms with Crippen LogP contribution in [0, 0.1) is 0 Å². The fourth-order valence-corrected chi connectivity index (χ4v) is 2.46. The summed E-state index contributed by atoms with van der Waals surface area (Å²) in [5.74, 6) is 0. The first kappa shape index (κ1) is 8.50. The third-order valence-electron chi connectivity index (χ3n) is 2.79. The predicted octanol–water partition coefficient (Wildman–Crippen LogP) is 2.35. The molecule has 0 saturated heterocycles. The number of rotatable bonds is 0. The molecule has 0 aliphatic carbocycles. The van der Waals surface area contributed by atoms with Crippen molar-refractivity contribution in [3.05, 3.63) is 40.1 Å². The Morgan fingerprint density at radius 2 is 2.29 bits per heavy atom. The zero-order valence-electron chi connectivity index (χ0n) is 7.76. The summed E-state index contributed by atoms with van der Waals surface area (Å²) < 4.78 is 3.42. The standard InChI is InChI=1S/C11H11BrN2/c12-9-2-4-14-10(6-9)5-8-1-3-13-7-11(8)14/h2,4-6,13H,1,3,7H2. The second-order valence-corrected chi connectivity index (χ2v) is 4.60. The highest BCUT2D eigenvalue weighted by Crippen LogP contribution is 2.22. The zero-order valence-corrected chi connectivity index (χ0v) is 9.34. The zero-order chi connectivity index (χ0) is 9.54. The number of hydrogen-bond acceptors (Lipinski definition) is 1. The van der Waals surface area contributed by atoms with E-state index in [9.17, 15) is 0 Å². The van der Waals surface area contributed by atoms with Crippen LogP contribution in [0.4, 0.5) is 0 Å². The van der Waals surface area contributed by atoms with Gasteiger partial charge in [-0.1, -0.05) is 15.9 Å². The van der Waals surface area contributed by atoms with E-state index >= 15 is 0 Å². The average Bonchev–Trinajstić information content (AvgIpc) is 2.54. The van der Waals surface area contributed by atoms with Crippen LogP contribution in [0.1, 0.15) is 11.3 Å². The minimum Gasteiger partial charge on any atom is -0.319 e. The van der Waals surface area contributed by atoms with Gasteiger partial charge in [-0.3, -0.25) is 0 Å². The fourth-order valence-electron chi connectivity index (χ4n) is 2.11. The number of hydrogen-bond donors (Lipinski definition) is 1. The average molecular weight is 251 g/mol. The predicted molar refractivity (Wildman–Crippen MR) is 60.5 cm³/mol. The van der Waals surface area contributed by atoms with Gasteiger partial charge in [0.1, 0.15) is 0 Å². The first-order chi connectivity index (χ1) is 6.84. The molecule has 1 aliphatic heterocycles. The molecule has 3 rings (SSSR count). The molecule has 0 aromatic carbocycles. The lowest BCUT2D eigenvalue weighted by atomic mass is 10.1. The molecule has 3 heterocycles. The van der Waals surface area contributed by atoms with Crippen LogP contribution in [-0.4, -0.2) is 10.9 Å². The van der Waals surface area contributed by atoms with Crippen LogP contribution < -0.4 is 5.32 Å². The third-order valence-corrected chi connectivity index (χ3v) is 3.29. The molecule has 2 aromatic heterocycles. The largest absolute Gasteiger partial charge is 0.319 e. The minimum absolute atomic E-state index is 0.991. The smallest absolute Gasteiger partial charge is 0.0467 e. The molecule has 2 nitrogen and oxygen atoms in total. The molecule has 3 heteroatoms. The summed E-state index contributed by atoms with van der Waals surface area (Å²) in [6, 6.07) is 6.54. The van der Waals surface area contributed by atoms with Crippen molar-refractivity contribution >= 4 is 21.4 Å². The summed E-state index contributed by atoms with van der Waals surface area (Å²) in [5, 5.41) is 3.40. The van der Waals surface area contributed by atoms with E-state index in [1.54, 1.807) is 0 Å². The summed E-state index contributed by atoms with van der Waals surface area (Å²) >= 11 is 3.50. The summed E-state index contributed by atoms with van der Waals surface area (Å²) in [6.07, 6.45) is 3.28. The maximum absolute atomic E-state index is 3.50. The Labute approximate surface area is 91.1 Å². The van der Waals surface area contributed by atoms with Gasteiger partial charge in [-0.2, -0.15) is 0 Å². The van der Waals surface area contributed by atoms with Gasteiger partial charge in [0.15, 0.2) is 0 Å². The molecule has 1 aliphatic rings. The molecule has 0 saturated carbocycles. The highest BCUT2D eigenvalue weighted by Gasteiger charge is 2.13. The molecule has 0 unspecified atom stereocenters. The summed E-state index contributed by atoms with van der Waals surface area (Å²) in [5.41, 5.74) is 4.19. The Kier molecular flexibility index (Phi) is 1.89. The molecule has 1 N–H and O–H groups in total. The molecular weight excluding hydrogens is 240 g/mol. The fraction of sp³-hybridized carbons (Fsp3) is 0.273. The van der Waals surface area contributed by atoms with Crippen LogP contribution in [0.2, 0.25) is 0 Å². The topological polar surface area (TPSA) is 16.4 Å². The molecule has 2 aromatic rings. The van der Waals surface area contributed by atoms with E-state index in [2.05, 4.69) is 50.0 Å². The lowest BCUT2D eigenvalue weighted by Crippen LogP contribution is -2.23. The first-order valence-electron chi connectivity index (χ1n) is 4.84. The Morgan fingerprint density at radius 1 is 1.36 bits per heavy atom. The van der Waals surface area contributed by atoms with Crippen molar-refractivity contribution in [1.82, 2.24) is 9.72 Å². The Balaban J connectivity index is 2.31. The SMILES string of the molecule is Brc1ccn2c3c(cc2c1)CCNC3. The highest BCUT2D eigenvalue weighted by molar-refractivity contribution is 9.10. The van der Waals surface area contributed by atoms with Gasteiger partial charge in [-0.05, 0) is 36.7 Å². The van der Waals surface area contributed by atoms with Crippen molar-refractivity contribution in [2.45, 2.75) is 13.0 Å². The minimum atomic E-state index is 0.991. The normalized spacial score (nSPS) is 15.8. The van der Waals surface area contributed by atoms with Crippen molar-refractivity contribution in [3.63, 3.8) is 0 Å². The van der Waals surface area contributed by atoms with Crippen LogP contribution in [-0.2, 0) is 13.0 Å². The summed E-state index contributed by atoms with van der Waals surface area (Å²) in [6.45, 7) is 2.09. The summed E-state index contributed by atoms with van der Waals surface area (Å²) in [7, 11) is 0. The van der Waals surface area contributed by atoms with Crippen LogP contribution >= 0.6 is 15.9 Å². The Hall–Kier alpha value is -0.800. The van der Waals surface area contributed by atoms with Crippen molar-refractivity contribution in [1.29, 1.82) is 0 Å². The number of halogens is 1. The second-order valence-electron chi connectivity index (χ2n) is 3.68. The highest BCUT2D eigenvalue weighted by atomic mass is 79.9. The second kappa shape index (κ2) is 3.11. The van der Waals surface area contributed by atoms with Crippen molar-refractivity contribution in [3.8, 4) is 0 Å². The molecule has 0 radical (unpaired) electrons. The maximum Gasteiger partial charge on any atom is 0.0467 e. The van der Waals surface area contributed by atoms with E-state index in [4.69, 9.17) is 0 Å². The molecule has 0 fully saturated rings. The number of aromatic nitrogens is 1. The van der Waals surface area contributed by atoms with Crippen LogP contribution in [0.15, 0.2) is 28.9 Å². The van der Waals surface area contributed by atoms with Crippen LogP contribution in [0.3, 0.4) is 0 Å². The van der Waals surface area contributed by atoms with E-state index in [1.807, 2.05) is 0 Å². The van der Waals surface area contributed by atoms with Crippen LogP contribution in [0.5, 0.6) is 0 Å². The molecule has 0 atom stereocenters. The van der Waals surface area contributed by atoms with Crippen molar-refractivity contribution in [2.24, 2.45) is 0 Å². The molecule has 0 spiro atoms. The number of nitrogens with one attached hydrogen (secondary N) is 1. The van der Waals surface area contributed by atoms with Crippen molar-refractivity contribution in [2.75, 3.05) is 6.54 Å². The van der Waals surface area contributed by atoms with Gasteiger partial charge in [-0.25, -0.2) is 0 Å². The number of nitrogens with zero attached hydrogens (tertiary/aromatic N) is 1. The number of pyridine rings is 1. The number of fused-ring (bicyclic) bond motifs is 3. The summed E-state index contributed by atoms with van der Waals surface area (Å²) in [4.78, 5) is 0. The lowest BCUT2D eigenvalue weighted by molar-refractivity contribution is 0.627. The molecule has 0 bridgehead atoms. The van der Waals surface area contributed by atoms with E-state index in [0.29, 0.717) is 0 Å². The molecule has 14 heavy (non-hydrogen) atoms. The van der Waals surface area contributed by atoms with E-state index < -0.39 is 0 Å². The van der Waals surface area contributed by atoms with Gasteiger partial charge in [-0.15, -0.1) is 0 Å². The lowest BCUT2D eigenvalue weighted by Gasteiger charge is -2.13. The molecule has 72 valence electrons. The first-order valence-corrected chi connectivity index (χ1v) is 5.63. The van der Waals surface area contributed by atoms with Gasteiger partial charge in [0.2, 0.25) is 0 Å². The van der Waals surface area contributed by atoms with Gasteiger partial charge in [0, 0.05) is 28.4 Å². The molecular formula is C11H11BrN2. The van der Waals surface area contributed by atoms with Crippen LogP contribution in [0.25, 0.3) is 5.52 Å². The maximum atomic E-state index is 3.50. The Morgan fingerprint density at radius 3 is 3.21 bits per heavy atom. The Bertz CT molecular complexity index is 487. The van der Waals surface area contributed by atoms with Gasteiger partial charge in [0.25, 0.3) is 0 Å². The van der Waals surface area contributed by atoms with Gasteiger partial charge >= 0.3 is 0 Å².